The molecule has 3 fully saturated rings. The Morgan fingerprint density at radius 2 is 1.89 bits per heavy atom. The highest BCUT2D eigenvalue weighted by atomic mass is 35.5. The molecule has 7 nitrogen and oxygen atoms in total. The number of ether oxygens (including phenoxy) is 2. The maximum Gasteiger partial charge on any atom is 0.408 e. The minimum absolute atomic E-state index is 0.124. The molecule has 0 radical (unpaired) electrons. The molecule has 3 saturated carbocycles. The molecule has 5 rings (SSSR count). The molecule has 1 aromatic heterocycles. The van der Waals surface area contributed by atoms with E-state index in [2.05, 4.69) is 15.5 Å². The zero-order chi connectivity index (χ0) is 19.3. The van der Waals surface area contributed by atoms with E-state index >= 15 is 0 Å². The minimum Gasteiger partial charge on any atom is -0.484 e. The number of carbonyl (C=O) groups is 1. The lowest BCUT2D eigenvalue weighted by atomic mass is 9.39. The summed E-state index contributed by atoms with van der Waals surface area (Å²) >= 11 is 5.85. The highest BCUT2D eigenvalue weighted by molar-refractivity contribution is 6.30. The van der Waals surface area contributed by atoms with Gasteiger partial charge in [-0.25, -0.2) is 4.79 Å². The lowest BCUT2D eigenvalue weighted by molar-refractivity contribution is -0.103. The van der Waals surface area contributed by atoms with Crippen molar-refractivity contribution < 1.29 is 18.7 Å². The third kappa shape index (κ3) is 3.60. The summed E-state index contributed by atoms with van der Waals surface area (Å²) in [6.45, 7) is 5.75. The minimum atomic E-state index is -0.503. The number of hydrogen-bond donors (Lipinski definition) is 1. The van der Waals surface area contributed by atoms with Crippen LogP contribution in [0.1, 0.15) is 51.8 Å². The van der Waals surface area contributed by atoms with Gasteiger partial charge in [0, 0.05) is 10.6 Å². The summed E-state index contributed by atoms with van der Waals surface area (Å²) in [7, 11) is 0. The highest BCUT2D eigenvalue weighted by Crippen LogP contribution is 2.67. The van der Waals surface area contributed by atoms with E-state index in [1.54, 1.807) is 24.3 Å². The summed E-state index contributed by atoms with van der Waals surface area (Å²) in [5.74, 6) is 1.73. The van der Waals surface area contributed by atoms with Gasteiger partial charge in [0.1, 0.15) is 11.4 Å². The first kappa shape index (κ1) is 18.1. The first-order chi connectivity index (χ1) is 12.7. The predicted octanol–water partition coefficient (Wildman–Crippen LogP) is 4.00. The smallest absolute Gasteiger partial charge is 0.408 e. The molecule has 1 heterocycles. The van der Waals surface area contributed by atoms with Gasteiger partial charge in [0.2, 0.25) is 5.89 Å². The predicted molar refractivity (Wildman–Crippen MR) is 97.7 cm³/mol. The molecule has 3 aliphatic carbocycles. The maximum absolute atomic E-state index is 12.0. The average molecular weight is 392 g/mol. The van der Waals surface area contributed by atoms with Crippen LogP contribution >= 0.6 is 11.6 Å². The van der Waals surface area contributed by atoms with Gasteiger partial charge in [-0.05, 0) is 64.3 Å². The molecular weight excluding hydrogens is 370 g/mol. The van der Waals surface area contributed by atoms with Crippen LogP contribution < -0.4 is 10.1 Å². The normalized spacial score (nSPS) is 25.9. The van der Waals surface area contributed by atoms with Gasteiger partial charge >= 0.3 is 6.09 Å². The lowest BCUT2D eigenvalue weighted by Gasteiger charge is -2.68. The number of halogens is 1. The van der Waals surface area contributed by atoms with Crippen LogP contribution in [0.3, 0.4) is 0 Å². The summed E-state index contributed by atoms with van der Waals surface area (Å²) in [6.07, 6.45) is 2.00. The molecule has 27 heavy (non-hydrogen) atoms. The molecule has 1 amide bonds. The van der Waals surface area contributed by atoms with E-state index in [-0.39, 0.29) is 23.7 Å². The Hall–Kier alpha value is -2.28. The molecule has 0 aliphatic heterocycles. The molecule has 0 saturated heterocycles. The van der Waals surface area contributed by atoms with Crippen LogP contribution in [0.2, 0.25) is 5.02 Å². The molecule has 144 valence electrons. The van der Waals surface area contributed by atoms with E-state index in [4.69, 9.17) is 25.5 Å². The van der Waals surface area contributed by atoms with Crippen LogP contribution in [0.25, 0.3) is 0 Å². The number of aromatic nitrogens is 2. The molecule has 0 atom stereocenters. The van der Waals surface area contributed by atoms with Crippen molar-refractivity contribution in [2.24, 2.45) is 0 Å². The van der Waals surface area contributed by atoms with Crippen molar-refractivity contribution in [2.45, 2.75) is 63.2 Å². The molecule has 1 N–H and O–H groups in total. The maximum atomic E-state index is 12.0. The number of alkyl carbamates (subject to hydrolysis) is 1. The third-order valence-corrected chi connectivity index (χ3v) is 5.14. The zero-order valence-corrected chi connectivity index (χ0v) is 16.3. The molecule has 2 bridgehead atoms. The third-order valence-electron chi connectivity index (χ3n) is 4.89. The van der Waals surface area contributed by atoms with Gasteiger partial charge in [-0.15, -0.1) is 10.2 Å². The van der Waals surface area contributed by atoms with Crippen molar-refractivity contribution >= 4 is 17.7 Å². The number of benzene rings is 1. The van der Waals surface area contributed by atoms with Gasteiger partial charge in [-0.3, -0.25) is 0 Å². The Morgan fingerprint density at radius 3 is 2.52 bits per heavy atom. The van der Waals surface area contributed by atoms with E-state index in [1.807, 2.05) is 20.8 Å². The summed E-state index contributed by atoms with van der Waals surface area (Å²) in [5, 5.41) is 11.9. The fourth-order valence-electron chi connectivity index (χ4n) is 3.87. The summed E-state index contributed by atoms with van der Waals surface area (Å²) in [5.41, 5.74) is -0.825. The summed E-state index contributed by atoms with van der Waals surface area (Å²) < 4.78 is 16.7. The Balaban J connectivity index is 1.30. The lowest BCUT2D eigenvalue weighted by Crippen LogP contribution is -2.77. The molecule has 2 aromatic rings. The second-order valence-corrected chi connectivity index (χ2v) is 8.90. The van der Waals surface area contributed by atoms with Crippen LogP contribution in [0.15, 0.2) is 28.7 Å². The first-order valence-corrected chi connectivity index (χ1v) is 9.27. The van der Waals surface area contributed by atoms with Gasteiger partial charge in [-0.2, -0.15) is 0 Å². The number of carbonyl (C=O) groups excluding carboxylic acids is 1. The number of hydrogen-bond acceptors (Lipinski definition) is 6. The summed E-state index contributed by atoms with van der Waals surface area (Å²) in [6, 6.07) is 7.09. The van der Waals surface area contributed by atoms with Crippen LogP contribution in [0.5, 0.6) is 5.75 Å². The Morgan fingerprint density at radius 1 is 1.22 bits per heavy atom. The van der Waals surface area contributed by atoms with Crippen molar-refractivity contribution in [3.8, 4) is 5.75 Å². The van der Waals surface area contributed by atoms with Crippen molar-refractivity contribution in [1.29, 1.82) is 0 Å². The topological polar surface area (TPSA) is 86.5 Å². The number of amides is 1. The summed E-state index contributed by atoms with van der Waals surface area (Å²) in [4.78, 5) is 12.0. The van der Waals surface area contributed by atoms with E-state index < -0.39 is 5.60 Å². The van der Waals surface area contributed by atoms with Crippen LogP contribution in [-0.2, 0) is 16.8 Å². The molecule has 3 aliphatic rings. The van der Waals surface area contributed by atoms with Crippen molar-refractivity contribution in [3.63, 3.8) is 0 Å². The van der Waals surface area contributed by atoms with E-state index in [0.717, 1.165) is 19.3 Å². The molecule has 1 aromatic carbocycles. The number of nitrogens with one attached hydrogen (secondary N) is 1. The SMILES string of the molecule is CC(C)(C)OC(=O)NC12CC(c3nnc(COc4ccc(Cl)cc4)o3)(C1)C2. The van der Waals surface area contributed by atoms with E-state index in [0.29, 0.717) is 22.6 Å². The fraction of sp³-hybridized carbons (Fsp3) is 0.526. The van der Waals surface area contributed by atoms with Gasteiger partial charge in [0.25, 0.3) is 5.89 Å². The van der Waals surface area contributed by atoms with Gasteiger partial charge < -0.3 is 19.2 Å². The van der Waals surface area contributed by atoms with Crippen LogP contribution in [0.4, 0.5) is 4.79 Å². The average Bonchev–Trinajstić information content (AvgIpc) is 2.96. The second kappa shape index (κ2) is 6.12. The second-order valence-electron chi connectivity index (χ2n) is 8.46. The van der Waals surface area contributed by atoms with Crippen molar-refractivity contribution in [2.75, 3.05) is 0 Å². The quantitative estimate of drug-likeness (QED) is 0.828. The van der Waals surface area contributed by atoms with Crippen LogP contribution in [0, 0.1) is 0 Å². The highest BCUT2D eigenvalue weighted by Gasteiger charge is 2.72. The van der Waals surface area contributed by atoms with Crippen molar-refractivity contribution in [1.82, 2.24) is 15.5 Å². The first-order valence-electron chi connectivity index (χ1n) is 8.90. The number of nitrogens with zero attached hydrogens (tertiary/aromatic N) is 2. The Kier molecular flexibility index (Phi) is 4.10. The Labute approximate surface area is 162 Å². The van der Waals surface area contributed by atoms with Crippen molar-refractivity contribution in [3.05, 3.63) is 41.1 Å². The van der Waals surface area contributed by atoms with Gasteiger partial charge in [-0.1, -0.05) is 11.6 Å². The van der Waals surface area contributed by atoms with Gasteiger partial charge in [0.15, 0.2) is 6.61 Å². The Bertz CT molecular complexity index is 837. The molecule has 8 heteroatoms. The standard InChI is InChI=1S/C19H22ClN3O4/c1-17(2,3)27-16(24)21-19-9-18(10-19,11-19)15-23-22-14(26-15)8-25-13-6-4-12(20)5-7-13/h4-7H,8-11H2,1-3H3,(H,21,24). The van der Waals surface area contributed by atoms with E-state index in [1.165, 1.54) is 0 Å². The molecule has 0 unspecified atom stereocenters. The zero-order valence-electron chi connectivity index (χ0n) is 15.5. The van der Waals surface area contributed by atoms with E-state index in [9.17, 15) is 4.79 Å². The van der Waals surface area contributed by atoms with Crippen LogP contribution in [-0.4, -0.2) is 27.4 Å². The molecule has 0 spiro atoms. The monoisotopic (exact) mass is 391 g/mol. The number of rotatable bonds is 5. The molecular formula is C19H22ClN3O4. The van der Waals surface area contributed by atoms with Gasteiger partial charge in [0.05, 0.1) is 5.41 Å². The fourth-order valence-corrected chi connectivity index (χ4v) is 4.00. The largest absolute Gasteiger partial charge is 0.484 e.